The molecule has 0 saturated carbocycles. The van der Waals surface area contributed by atoms with Crippen molar-refractivity contribution in [1.82, 2.24) is 19.8 Å². The fraction of sp³-hybridized carbons (Fsp3) is 0.562. The highest BCUT2D eigenvalue weighted by Gasteiger charge is 2.59. The number of piperazine rings is 1. The number of halogens is 1. The average molecular weight is 719 g/mol. The molecule has 0 bridgehead atoms. The zero-order chi connectivity index (χ0) is 38.3. The molecular formula is C32H33B8FN6O5S. The molecular weight excluding hydrogens is 686 g/mol. The number of H-pyrrole nitrogens is 1. The van der Waals surface area contributed by atoms with Crippen LogP contribution in [0, 0.1) is 21.8 Å². The van der Waals surface area contributed by atoms with Crippen LogP contribution in [0.15, 0.2) is 41.2 Å². The van der Waals surface area contributed by atoms with Crippen LogP contribution in [0.25, 0.3) is 10.9 Å². The number of benzene rings is 2. The van der Waals surface area contributed by atoms with Crippen molar-refractivity contribution in [2.24, 2.45) is 5.92 Å². The molecule has 3 fully saturated rings. The maximum atomic E-state index is 15.1. The molecule has 0 spiro atoms. The summed E-state index contributed by atoms with van der Waals surface area (Å²) in [5.74, 6) is 0.775. The maximum Gasteiger partial charge on any atom is 0.269 e. The number of aromatic amines is 1. The van der Waals surface area contributed by atoms with Crippen LogP contribution in [0.3, 0.4) is 0 Å². The smallest absolute Gasteiger partial charge is 0.269 e. The summed E-state index contributed by atoms with van der Waals surface area (Å²) in [7, 11) is 52.5. The van der Waals surface area contributed by atoms with Gasteiger partial charge in [0.1, 0.15) is 22.8 Å². The Hall–Kier alpha value is -2.74. The highest BCUT2D eigenvalue weighted by atomic mass is 32.2. The number of piperidine rings is 1. The zero-order valence-corrected chi connectivity index (χ0v) is 30.1. The van der Waals surface area contributed by atoms with Gasteiger partial charge in [0.15, 0.2) is 0 Å². The van der Waals surface area contributed by atoms with Crippen molar-refractivity contribution in [1.29, 1.82) is 0 Å². The molecule has 0 amide bonds. The topological polar surface area (TPSA) is 117 Å². The maximum absolute atomic E-state index is 15.1. The van der Waals surface area contributed by atoms with E-state index in [4.69, 9.17) is 72.2 Å². The molecule has 16 radical (unpaired) electrons. The van der Waals surface area contributed by atoms with Gasteiger partial charge in [-0.05, 0) is 78.2 Å². The number of hydrogen-bond donors (Lipinski definition) is 1. The second kappa shape index (κ2) is 15.4. The summed E-state index contributed by atoms with van der Waals surface area (Å²) >= 11 is 1.71. The lowest BCUT2D eigenvalue weighted by atomic mass is 9.26. The van der Waals surface area contributed by atoms with E-state index in [1.165, 1.54) is 35.2 Å². The molecule has 1 aromatic heterocycles. The Labute approximate surface area is 323 Å². The molecule has 3 aliphatic rings. The van der Waals surface area contributed by atoms with Crippen LogP contribution >= 0.6 is 11.8 Å². The second-order valence-electron chi connectivity index (χ2n) is 14.1. The minimum Gasteiger partial charge on any atom is -0.493 e. The Morgan fingerprint density at radius 3 is 2.17 bits per heavy atom. The van der Waals surface area contributed by atoms with Crippen molar-refractivity contribution < 1.29 is 18.8 Å². The first-order valence-electron chi connectivity index (χ1n) is 17.3. The monoisotopic (exact) mass is 720 g/mol. The van der Waals surface area contributed by atoms with E-state index in [-0.39, 0.29) is 34.7 Å². The number of non-ortho nitro benzene ring substituents is 1. The van der Waals surface area contributed by atoms with E-state index >= 15 is 4.39 Å². The van der Waals surface area contributed by atoms with Crippen LogP contribution in [0.4, 0.5) is 15.8 Å². The summed E-state index contributed by atoms with van der Waals surface area (Å²) in [6.45, 7) is 3.61. The summed E-state index contributed by atoms with van der Waals surface area (Å²) in [4.78, 5) is 35.1. The molecule has 21 heteroatoms. The summed E-state index contributed by atoms with van der Waals surface area (Å²) < 4.78 is 26.5. The van der Waals surface area contributed by atoms with Crippen LogP contribution < -0.4 is 15.2 Å². The average Bonchev–Trinajstić information content (AvgIpc) is 3.10. The molecule has 53 heavy (non-hydrogen) atoms. The highest BCUT2D eigenvalue weighted by Crippen LogP contribution is 2.45. The molecule has 11 nitrogen and oxygen atoms in total. The first-order chi connectivity index (χ1) is 24.9. The number of nitro benzene ring substituents is 1. The van der Waals surface area contributed by atoms with Crippen LogP contribution in [0.5, 0.6) is 5.75 Å². The lowest BCUT2D eigenvalue weighted by molar-refractivity contribution is -0.384. The van der Waals surface area contributed by atoms with Crippen molar-refractivity contribution in [2.75, 3.05) is 50.9 Å². The zero-order valence-electron chi connectivity index (χ0n) is 29.3. The minimum atomic E-state index is -2.16. The number of nitro groups is 1. The van der Waals surface area contributed by atoms with Gasteiger partial charge < -0.3 is 29.2 Å². The number of fused-ring (bicyclic) bond motifs is 1. The highest BCUT2D eigenvalue weighted by molar-refractivity contribution is 7.99. The van der Waals surface area contributed by atoms with Crippen molar-refractivity contribution in [3.8, 4) is 5.75 Å². The third-order valence-electron chi connectivity index (χ3n) is 10.5. The number of rotatable bonds is 11. The number of ether oxygens (including phenoxy) is 2. The lowest BCUT2D eigenvalue weighted by Crippen LogP contribution is -2.92. The number of nitrogens with one attached hydrogen (secondary N) is 1. The Balaban J connectivity index is 1.05. The number of anilines is 1. The fourth-order valence-corrected chi connectivity index (χ4v) is 8.25. The standard InChI is InChI=1S/C32H33B8FN6O5S/c33-29(34)31(37,38)46(20-1-3-21(4-2-20)47(49)50)32(39,40)30(35,36)45(29)12-11-44-9-5-19(6-10-44)17-52-22-15-24(41)27-25(16-22)42-26(43-28(27)48)18-53-23-7-13-51-14-8-23/h1-4,15-16,19,23H,5-14,17-18H2,(H,42,43,48). The number of thioether (sulfide) groups is 1. The third kappa shape index (κ3) is 7.87. The Kier molecular flexibility index (Phi) is 11.6. The Morgan fingerprint density at radius 2 is 1.57 bits per heavy atom. The quantitative estimate of drug-likeness (QED) is 0.168. The van der Waals surface area contributed by atoms with Gasteiger partial charge >= 0.3 is 0 Å². The Bertz CT molecular complexity index is 1830. The van der Waals surface area contributed by atoms with Crippen LogP contribution in [0.1, 0.15) is 31.5 Å². The molecule has 2 aromatic carbocycles. The van der Waals surface area contributed by atoms with Crippen molar-refractivity contribution >= 4 is 96.8 Å². The van der Waals surface area contributed by atoms with Crippen LogP contribution in [-0.4, -0.2) is 160 Å². The molecule has 258 valence electrons. The molecule has 0 aliphatic carbocycles. The second-order valence-corrected chi connectivity index (χ2v) is 15.4. The molecule has 3 aliphatic heterocycles. The first-order valence-corrected chi connectivity index (χ1v) is 18.4. The summed E-state index contributed by atoms with van der Waals surface area (Å²) in [6.07, 6.45) is 3.40. The molecule has 0 atom stereocenters. The van der Waals surface area contributed by atoms with E-state index < -0.39 is 37.7 Å². The van der Waals surface area contributed by atoms with Gasteiger partial charge in [0.05, 0.1) is 85.6 Å². The first kappa shape index (κ1) is 39.9. The number of nitrogens with zero attached hydrogens (tertiary/aromatic N) is 5. The molecule has 1 N–H and O–H groups in total. The van der Waals surface area contributed by atoms with Crippen molar-refractivity contribution in [3.05, 3.63) is 68.5 Å². The van der Waals surface area contributed by atoms with E-state index in [0.717, 1.165) is 43.8 Å². The van der Waals surface area contributed by atoms with Gasteiger partial charge in [0, 0.05) is 61.5 Å². The van der Waals surface area contributed by atoms with Gasteiger partial charge in [-0.15, -0.1) is 0 Å². The van der Waals surface area contributed by atoms with Crippen LogP contribution in [-0.2, 0) is 10.5 Å². The number of likely N-dealkylation sites (tertiary alicyclic amines) is 1. The molecule has 4 heterocycles. The van der Waals surface area contributed by atoms with Crippen molar-refractivity contribution in [3.63, 3.8) is 0 Å². The van der Waals surface area contributed by atoms with Crippen molar-refractivity contribution in [2.45, 2.75) is 58.0 Å². The van der Waals surface area contributed by atoms with E-state index in [1.807, 2.05) is 0 Å². The van der Waals surface area contributed by atoms with Gasteiger partial charge in [-0.3, -0.25) is 14.9 Å². The lowest BCUT2D eigenvalue weighted by Gasteiger charge is -2.76. The van der Waals surface area contributed by atoms with Gasteiger partial charge in [-0.25, -0.2) is 9.37 Å². The molecule has 6 rings (SSSR count). The molecule has 0 unspecified atom stereocenters. The normalized spacial score (nSPS) is 22.1. The van der Waals surface area contributed by atoms with E-state index in [0.29, 0.717) is 48.8 Å². The molecule has 3 saturated heterocycles. The molecule has 3 aromatic rings. The number of hydrogen-bond acceptors (Lipinski definition) is 10. The Morgan fingerprint density at radius 1 is 0.943 bits per heavy atom. The van der Waals surface area contributed by atoms with E-state index in [9.17, 15) is 14.9 Å². The van der Waals surface area contributed by atoms with Gasteiger partial charge in [0.25, 0.3) is 11.2 Å². The predicted octanol–water partition coefficient (Wildman–Crippen LogP) is 0.259. The predicted molar refractivity (Wildman–Crippen MR) is 211 cm³/mol. The summed E-state index contributed by atoms with van der Waals surface area (Å²) in [5.41, 5.74) is -0.297. The summed E-state index contributed by atoms with van der Waals surface area (Å²) in [5, 5.41) is 3.03. The largest absolute Gasteiger partial charge is 0.493 e. The minimum absolute atomic E-state index is 0.0830. The van der Waals surface area contributed by atoms with Gasteiger partial charge in [0.2, 0.25) is 0 Å². The van der Waals surface area contributed by atoms with E-state index in [1.54, 1.807) is 17.8 Å². The van der Waals surface area contributed by atoms with Gasteiger partial charge in [-0.2, -0.15) is 11.8 Å². The fourth-order valence-electron chi connectivity index (χ4n) is 7.19. The SMILES string of the molecule is [B]C1([B])N(CCN2CCC(COc3cc(F)c4c(=O)[nH]c(CSC5CCOCC5)nc4c3)CC2)C([B])([B])C([B])([B])N(c2ccc([N+](=O)[O-])cc2)C1([B])[B]. The van der Waals surface area contributed by atoms with Gasteiger partial charge in [-0.1, -0.05) is 0 Å². The number of aromatic nitrogens is 2. The summed E-state index contributed by atoms with van der Waals surface area (Å²) in [6, 6.07) is 7.95. The van der Waals surface area contributed by atoms with Crippen LogP contribution in [0.2, 0.25) is 0 Å². The van der Waals surface area contributed by atoms with E-state index in [2.05, 4.69) is 14.9 Å². The third-order valence-corrected chi connectivity index (χ3v) is 11.9.